The fourth-order valence-electron chi connectivity index (χ4n) is 2.54. The summed E-state index contributed by atoms with van der Waals surface area (Å²) in [5.41, 5.74) is 3.37. The highest BCUT2D eigenvalue weighted by molar-refractivity contribution is 9.10. The Kier molecular flexibility index (Phi) is 5.68. The van der Waals surface area contributed by atoms with Crippen LogP contribution >= 0.6 is 15.9 Å². The summed E-state index contributed by atoms with van der Waals surface area (Å²) in [6.45, 7) is 4.32. The second kappa shape index (κ2) is 8.15. The van der Waals surface area contributed by atoms with Gasteiger partial charge in [0.1, 0.15) is 5.82 Å². The molecule has 1 amide bonds. The molecular formula is C21H20BrN3O. The largest absolute Gasteiger partial charge is 0.340 e. The van der Waals surface area contributed by atoms with Crippen molar-refractivity contribution in [2.24, 2.45) is 0 Å². The van der Waals surface area contributed by atoms with Crippen molar-refractivity contribution in [3.05, 3.63) is 82.5 Å². The molecule has 0 bridgehead atoms. The van der Waals surface area contributed by atoms with Crippen molar-refractivity contribution in [1.82, 2.24) is 4.98 Å². The predicted octanol–water partition coefficient (Wildman–Crippen LogP) is 5.96. The molecule has 0 spiro atoms. The molecule has 0 radical (unpaired) electrons. The molecule has 26 heavy (non-hydrogen) atoms. The minimum atomic E-state index is -0.211. The van der Waals surface area contributed by atoms with E-state index >= 15 is 0 Å². The average molecular weight is 410 g/mol. The molecule has 132 valence electrons. The molecule has 0 fully saturated rings. The Bertz CT molecular complexity index is 907. The highest BCUT2D eigenvalue weighted by Gasteiger charge is 2.13. The zero-order chi connectivity index (χ0) is 18.5. The number of hydrogen-bond donors (Lipinski definition) is 2. The number of nitrogens with zero attached hydrogens (tertiary/aromatic N) is 1. The standard InChI is InChI=1S/C21H20BrN3O/c1-14(2)15-8-10-17(11-9-15)24-20-19(7-4-12-23-20)21(26)25-18-6-3-5-16(22)13-18/h3-14H,1-2H3,(H,23,24)(H,25,26). The molecule has 5 heteroatoms. The van der Waals surface area contributed by atoms with E-state index in [1.165, 1.54) is 5.56 Å². The van der Waals surface area contributed by atoms with Crippen molar-refractivity contribution in [2.75, 3.05) is 10.6 Å². The maximum atomic E-state index is 12.7. The Morgan fingerprint density at radius 1 is 1.00 bits per heavy atom. The third-order valence-electron chi connectivity index (χ3n) is 3.97. The van der Waals surface area contributed by atoms with Crippen LogP contribution in [0.2, 0.25) is 0 Å². The molecule has 1 heterocycles. The van der Waals surface area contributed by atoms with E-state index in [9.17, 15) is 4.79 Å². The maximum absolute atomic E-state index is 12.7. The summed E-state index contributed by atoms with van der Waals surface area (Å²) in [6, 6.07) is 19.1. The van der Waals surface area contributed by atoms with Gasteiger partial charge >= 0.3 is 0 Å². The SMILES string of the molecule is CC(C)c1ccc(Nc2ncccc2C(=O)Nc2cccc(Br)c2)cc1. The Labute approximate surface area is 161 Å². The van der Waals surface area contributed by atoms with Gasteiger partial charge in [-0.3, -0.25) is 4.79 Å². The van der Waals surface area contributed by atoms with Gasteiger partial charge in [-0.25, -0.2) is 4.98 Å². The summed E-state index contributed by atoms with van der Waals surface area (Å²) in [5.74, 6) is 0.792. The number of carbonyl (C=O) groups is 1. The number of benzene rings is 2. The number of nitrogens with one attached hydrogen (secondary N) is 2. The van der Waals surface area contributed by atoms with Gasteiger partial charge in [0.15, 0.2) is 0 Å². The molecule has 1 aromatic heterocycles. The molecule has 0 atom stereocenters. The van der Waals surface area contributed by atoms with Gasteiger partial charge < -0.3 is 10.6 Å². The lowest BCUT2D eigenvalue weighted by Gasteiger charge is -2.12. The van der Waals surface area contributed by atoms with Crippen molar-refractivity contribution >= 4 is 39.0 Å². The lowest BCUT2D eigenvalue weighted by Crippen LogP contribution is -2.14. The summed E-state index contributed by atoms with van der Waals surface area (Å²) in [7, 11) is 0. The number of aromatic nitrogens is 1. The molecular weight excluding hydrogens is 390 g/mol. The highest BCUT2D eigenvalue weighted by atomic mass is 79.9. The number of halogens is 1. The van der Waals surface area contributed by atoms with E-state index in [1.54, 1.807) is 18.3 Å². The van der Waals surface area contributed by atoms with Crippen LogP contribution in [-0.2, 0) is 0 Å². The monoisotopic (exact) mass is 409 g/mol. The van der Waals surface area contributed by atoms with Crippen LogP contribution in [-0.4, -0.2) is 10.9 Å². The molecule has 0 aliphatic rings. The average Bonchev–Trinajstić information content (AvgIpc) is 2.62. The first-order chi connectivity index (χ1) is 12.5. The highest BCUT2D eigenvalue weighted by Crippen LogP contribution is 2.23. The third kappa shape index (κ3) is 4.49. The van der Waals surface area contributed by atoms with Crippen molar-refractivity contribution in [1.29, 1.82) is 0 Å². The van der Waals surface area contributed by atoms with Gasteiger partial charge in [-0.15, -0.1) is 0 Å². The van der Waals surface area contributed by atoms with E-state index in [0.717, 1.165) is 15.8 Å². The molecule has 2 N–H and O–H groups in total. The molecule has 3 rings (SSSR count). The number of hydrogen-bond acceptors (Lipinski definition) is 3. The Morgan fingerprint density at radius 2 is 1.77 bits per heavy atom. The quantitative estimate of drug-likeness (QED) is 0.546. The minimum absolute atomic E-state index is 0.211. The number of anilines is 3. The Balaban J connectivity index is 1.80. The lowest BCUT2D eigenvalue weighted by molar-refractivity contribution is 0.102. The zero-order valence-electron chi connectivity index (χ0n) is 14.7. The molecule has 0 aliphatic carbocycles. The number of pyridine rings is 1. The van der Waals surface area contributed by atoms with Gasteiger partial charge in [0.25, 0.3) is 5.91 Å². The molecule has 0 aliphatic heterocycles. The van der Waals surface area contributed by atoms with E-state index in [4.69, 9.17) is 0 Å². The number of rotatable bonds is 5. The second-order valence-corrected chi connectivity index (χ2v) is 7.18. The zero-order valence-corrected chi connectivity index (χ0v) is 16.2. The van der Waals surface area contributed by atoms with Crippen LogP contribution in [0.3, 0.4) is 0 Å². The van der Waals surface area contributed by atoms with Gasteiger partial charge in [-0.2, -0.15) is 0 Å². The van der Waals surface area contributed by atoms with Crippen LogP contribution in [0.5, 0.6) is 0 Å². The molecule has 0 saturated carbocycles. The van der Waals surface area contributed by atoms with Gasteiger partial charge in [0.05, 0.1) is 5.56 Å². The van der Waals surface area contributed by atoms with Crippen molar-refractivity contribution in [2.45, 2.75) is 19.8 Å². The molecule has 4 nitrogen and oxygen atoms in total. The summed E-state index contributed by atoms with van der Waals surface area (Å²) in [6.07, 6.45) is 1.67. The lowest BCUT2D eigenvalue weighted by atomic mass is 10.0. The van der Waals surface area contributed by atoms with Crippen LogP contribution in [0, 0.1) is 0 Å². The summed E-state index contributed by atoms with van der Waals surface area (Å²) in [5, 5.41) is 6.14. The van der Waals surface area contributed by atoms with E-state index < -0.39 is 0 Å². The molecule has 2 aromatic carbocycles. The van der Waals surface area contributed by atoms with Crippen molar-refractivity contribution in [3.8, 4) is 0 Å². The fourth-order valence-corrected chi connectivity index (χ4v) is 2.94. The fraction of sp³-hybridized carbons (Fsp3) is 0.143. The smallest absolute Gasteiger partial charge is 0.259 e. The molecule has 0 saturated heterocycles. The van der Waals surface area contributed by atoms with Gasteiger partial charge in [-0.1, -0.05) is 48.0 Å². The van der Waals surface area contributed by atoms with Crippen LogP contribution in [0.15, 0.2) is 71.3 Å². The first kappa shape index (κ1) is 18.1. The summed E-state index contributed by atoms with van der Waals surface area (Å²) < 4.78 is 0.907. The summed E-state index contributed by atoms with van der Waals surface area (Å²) in [4.78, 5) is 17.0. The van der Waals surface area contributed by atoms with Crippen molar-refractivity contribution < 1.29 is 4.79 Å². The van der Waals surface area contributed by atoms with Gasteiger partial charge in [0.2, 0.25) is 0 Å². The number of carbonyl (C=O) groups excluding carboxylic acids is 1. The number of amides is 1. The van der Waals surface area contributed by atoms with Crippen LogP contribution in [0.25, 0.3) is 0 Å². The summed E-state index contributed by atoms with van der Waals surface area (Å²) >= 11 is 3.41. The van der Waals surface area contributed by atoms with E-state index in [-0.39, 0.29) is 5.91 Å². The molecule has 0 unspecified atom stereocenters. The van der Waals surface area contributed by atoms with Gasteiger partial charge in [-0.05, 0) is 53.9 Å². The second-order valence-electron chi connectivity index (χ2n) is 6.27. The first-order valence-electron chi connectivity index (χ1n) is 8.42. The van der Waals surface area contributed by atoms with Crippen LogP contribution in [0.4, 0.5) is 17.2 Å². The minimum Gasteiger partial charge on any atom is -0.340 e. The van der Waals surface area contributed by atoms with Gasteiger partial charge in [0, 0.05) is 22.0 Å². The normalized spacial score (nSPS) is 10.6. The van der Waals surface area contributed by atoms with E-state index in [0.29, 0.717) is 17.3 Å². The van der Waals surface area contributed by atoms with Crippen molar-refractivity contribution in [3.63, 3.8) is 0 Å². The molecule has 3 aromatic rings. The predicted molar refractivity (Wildman–Crippen MR) is 110 cm³/mol. The first-order valence-corrected chi connectivity index (χ1v) is 9.21. The Morgan fingerprint density at radius 3 is 2.46 bits per heavy atom. The topological polar surface area (TPSA) is 54.0 Å². The Hall–Kier alpha value is -2.66. The van der Waals surface area contributed by atoms with E-state index in [2.05, 4.69) is 57.5 Å². The van der Waals surface area contributed by atoms with E-state index in [1.807, 2.05) is 36.4 Å². The van der Waals surface area contributed by atoms with Crippen LogP contribution in [0.1, 0.15) is 35.7 Å². The maximum Gasteiger partial charge on any atom is 0.259 e. The van der Waals surface area contributed by atoms with Crippen LogP contribution < -0.4 is 10.6 Å². The third-order valence-corrected chi connectivity index (χ3v) is 4.47.